The Balaban J connectivity index is 0.00000392. The van der Waals surface area contributed by atoms with E-state index in [0.29, 0.717) is 23.4 Å². The number of hydrogen-bond acceptors (Lipinski definition) is 6. The fourth-order valence-corrected chi connectivity index (χ4v) is 2.39. The average Bonchev–Trinajstić information content (AvgIpc) is 2.76. The van der Waals surface area contributed by atoms with Crippen molar-refractivity contribution in [3.63, 3.8) is 0 Å². The van der Waals surface area contributed by atoms with E-state index in [0.717, 1.165) is 0 Å². The Labute approximate surface area is 162 Å². The summed E-state index contributed by atoms with van der Waals surface area (Å²) in [5.74, 6) is -6.50. The minimum Gasteiger partial charge on any atom is -0.478 e. The number of fused-ring (bicyclic) bond motifs is 1. The first-order valence-electron chi connectivity index (χ1n) is 7.30. The molecule has 0 fully saturated rings. The molecule has 154 valence electrons. The van der Waals surface area contributed by atoms with Crippen molar-refractivity contribution >= 4 is 29.6 Å². The van der Waals surface area contributed by atoms with Gasteiger partial charge < -0.3 is 31.4 Å². The number of nitrogens with zero attached hydrogens (tertiary/aromatic N) is 2. The summed E-state index contributed by atoms with van der Waals surface area (Å²) in [7, 11) is 0. The van der Waals surface area contributed by atoms with Gasteiger partial charge in [0, 0.05) is 18.6 Å². The van der Waals surface area contributed by atoms with E-state index in [-0.39, 0.29) is 22.9 Å². The van der Waals surface area contributed by atoms with E-state index in [9.17, 15) is 29.4 Å². The highest BCUT2D eigenvalue weighted by Gasteiger charge is 2.27. The first-order valence-corrected chi connectivity index (χ1v) is 7.30. The molecule has 0 spiro atoms. The van der Waals surface area contributed by atoms with Gasteiger partial charge >= 0.3 is 23.9 Å². The Kier molecular flexibility index (Phi) is 8.78. The number of azo groups is 1. The van der Waals surface area contributed by atoms with Gasteiger partial charge in [-0.15, -0.1) is 5.11 Å². The summed E-state index contributed by atoms with van der Waals surface area (Å²) in [6.45, 7) is 0. The normalized spacial score (nSPS) is 13.4. The van der Waals surface area contributed by atoms with Crippen molar-refractivity contribution in [1.82, 2.24) is 0 Å². The number of carboxylic acid groups (broad SMARTS) is 4. The highest BCUT2D eigenvalue weighted by molar-refractivity contribution is 6.02. The molecule has 0 aliphatic carbocycles. The summed E-state index contributed by atoms with van der Waals surface area (Å²) in [4.78, 5) is 45.2. The van der Waals surface area contributed by atoms with Crippen molar-refractivity contribution < 1.29 is 50.6 Å². The molecule has 0 saturated heterocycles. The SMILES string of the molecule is O.O.O=C(O)\C=C(C(=O)O)/C1=C(\C(=C/C(=O)O)C(=O)O)N=Nc2ccccc2C1. The van der Waals surface area contributed by atoms with Crippen molar-refractivity contribution in [2.45, 2.75) is 6.42 Å². The lowest BCUT2D eigenvalue weighted by Crippen LogP contribution is -2.14. The van der Waals surface area contributed by atoms with Gasteiger partial charge in [0.1, 0.15) is 5.70 Å². The van der Waals surface area contributed by atoms with E-state index in [1.165, 1.54) is 0 Å². The molecule has 0 aromatic heterocycles. The Hall–Kier alpha value is -4.16. The summed E-state index contributed by atoms with van der Waals surface area (Å²) in [5.41, 5.74) is -1.62. The fraction of sp³-hybridized carbons (Fsp3) is 0.0588. The fourth-order valence-electron chi connectivity index (χ4n) is 2.39. The van der Waals surface area contributed by atoms with Gasteiger partial charge in [0.05, 0.1) is 16.8 Å². The molecule has 1 aliphatic rings. The van der Waals surface area contributed by atoms with Gasteiger partial charge in [-0.05, 0) is 17.2 Å². The number of benzene rings is 1. The molecule has 8 N–H and O–H groups in total. The Morgan fingerprint density at radius 3 is 1.83 bits per heavy atom. The molecule has 0 saturated carbocycles. The number of carbonyl (C=O) groups is 4. The maximum Gasteiger partial charge on any atom is 0.338 e. The van der Waals surface area contributed by atoms with E-state index >= 15 is 0 Å². The summed E-state index contributed by atoms with van der Waals surface area (Å²) >= 11 is 0. The summed E-state index contributed by atoms with van der Waals surface area (Å²) in [5, 5.41) is 44.2. The van der Waals surface area contributed by atoms with Crippen LogP contribution in [0.3, 0.4) is 0 Å². The first kappa shape index (κ1) is 24.8. The molecule has 0 unspecified atom stereocenters. The molecule has 1 aromatic carbocycles. The molecule has 0 bridgehead atoms. The van der Waals surface area contributed by atoms with E-state index in [4.69, 9.17) is 10.2 Å². The lowest BCUT2D eigenvalue weighted by molar-refractivity contribution is -0.135. The summed E-state index contributed by atoms with van der Waals surface area (Å²) in [6.07, 6.45) is 0.516. The Morgan fingerprint density at radius 1 is 0.793 bits per heavy atom. The van der Waals surface area contributed by atoms with Gasteiger partial charge in [0.15, 0.2) is 0 Å². The molecule has 1 heterocycles. The van der Waals surface area contributed by atoms with E-state index < -0.39 is 40.7 Å². The van der Waals surface area contributed by atoms with Crippen LogP contribution in [0.4, 0.5) is 5.69 Å². The van der Waals surface area contributed by atoms with Crippen LogP contribution in [0.25, 0.3) is 0 Å². The molecule has 29 heavy (non-hydrogen) atoms. The van der Waals surface area contributed by atoms with Crippen LogP contribution in [0, 0.1) is 0 Å². The molecular weight excluding hydrogens is 392 g/mol. The molecular formula is C17H16N2O10. The zero-order chi connectivity index (χ0) is 20.1. The van der Waals surface area contributed by atoms with Crippen LogP contribution < -0.4 is 0 Å². The highest BCUT2D eigenvalue weighted by atomic mass is 16.4. The zero-order valence-electron chi connectivity index (χ0n) is 14.5. The van der Waals surface area contributed by atoms with Gasteiger partial charge in [0.25, 0.3) is 0 Å². The number of hydrogen-bond donors (Lipinski definition) is 4. The average molecular weight is 408 g/mol. The van der Waals surface area contributed by atoms with E-state index in [2.05, 4.69) is 10.2 Å². The van der Waals surface area contributed by atoms with Crippen LogP contribution in [0.2, 0.25) is 0 Å². The second-order valence-electron chi connectivity index (χ2n) is 5.24. The van der Waals surface area contributed by atoms with Gasteiger partial charge in [0.2, 0.25) is 0 Å². The minimum atomic E-state index is -1.69. The molecule has 0 radical (unpaired) electrons. The minimum absolute atomic E-state index is 0. The van der Waals surface area contributed by atoms with Crippen LogP contribution >= 0.6 is 0 Å². The van der Waals surface area contributed by atoms with Gasteiger partial charge in [-0.25, -0.2) is 19.2 Å². The van der Waals surface area contributed by atoms with Crippen LogP contribution in [-0.4, -0.2) is 55.3 Å². The van der Waals surface area contributed by atoms with Gasteiger partial charge in [-0.2, -0.15) is 5.11 Å². The largest absolute Gasteiger partial charge is 0.478 e. The topological polar surface area (TPSA) is 237 Å². The third kappa shape index (κ3) is 5.92. The second-order valence-corrected chi connectivity index (χ2v) is 5.24. The van der Waals surface area contributed by atoms with E-state index in [1.807, 2.05) is 0 Å². The van der Waals surface area contributed by atoms with Crippen molar-refractivity contribution in [3.8, 4) is 0 Å². The maximum atomic E-state index is 11.6. The Morgan fingerprint density at radius 2 is 1.31 bits per heavy atom. The molecule has 1 aliphatic heterocycles. The summed E-state index contributed by atoms with van der Waals surface area (Å²) in [6, 6.07) is 6.38. The second kappa shape index (κ2) is 10.2. The summed E-state index contributed by atoms with van der Waals surface area (Å²) < 4.78 is 0. The third-order valence-corrected chi connectivity index (χ3v) is 3.48. The Bertz CT molecular complexity index is 972. The van der Waals surface area contributed by atoms with Gasteiger partial charge in [-0.3, -0.25) is 0 Å². The van der Waals surface area contributed by atoms with Crippen LogP contribution in [0.15, 0.2) is 69.1 Å². The van der Waals surface area contributed by atoms with Crippen molar-refractivity contribution in [3.05, 3.63) is 64.4 Å². The molecule has 2 rings (SSSR count). The monoisotopic (exact) mass is 408 g/mol. The molecule has 12 nitrogen and oxygen atoms in total. The zero-order valence-corrected chi connectivity index (χ0v) is 14.5. The quantitative estimate of drug-likeness (QED) is 0.470. The molecule has 0 atom stereocenters. The van der Waals surface area contributed by atoms with Gasteiger partial charge in [-0.1, -0.05) is 18.2 Å². The standard InChI is InChI=1S/C17H12N2O8.2H2O/c20-13(21)6-10(16(24)25)9-5-8-3-1-2-4-12(8)18-19-15(9)11(17(26)27)7-14(22)23;;/h1-4,6-7H,5H2,(H,20,21)(H,22,23)(H,24,25)(H,26,27);2*1H2/b10-6+,11-7+;;. The number of aliphatic carboxylic acids is 4. The molecule has 0 amide bonds. The predicted molar refractivity (Wildman–Crippen MR) is 95.6 cm³/mol. The van der Waals surface area contributed by atoms with Crippen molar-refractivity contribution in [2.75, 3.05) is 0 Å². The van der Waals surface area contributed by atoms with E-state index in [1.54, 1.807) is 24.3 Å². The molecule has 12 heteroatoms. The maximum absolute atomic E-state index is 11.6. The highest BCUT2D eigenvalue weighted by Crippen LogP contribution is 2.34. The van der Waals surface area contributed by atoms with Crippen LogP contribution in [0.5, 0.6) is 0 Å². The first-order chi connectivity index (χ1) is 12.7. The smallest absolute Gasteiger partial charge is 0.338 e. The van der Waals surface area contributed by atoms with Crippen molar-refractivity contribution in [1.29, 1.82) is 0 Å². The lowest BCUT2D eigenvalue weighted by Gasteiger charge is -2.11. The molecule has 1 aromatic rings. The number of carboxylic acids is 4. The lowest BCUT2D eigenvalue weighted by atomic mass is 9.92. The number of rotatable bonds is 6. The predicted octanol–water partition coefficient (Wildman–Crippen LogP) is 0.122. The van der Waals surface area contributed by atoms with Crippen LogP contribution in [-0.2, 0) is 25.6 Å². The van der Waals surface area contributed by atoms with Crippen molar-refractivity contribution in [2.24, 2.45) is 10.2 Å². The van der Waals surface area contributed by atoms with Crippen LogP contribution in [0.1, 0.15) is 5.56 Å². The third-order valence-electron chi connectivity index (χ3n) is 3.48.